The molecule has 5 nitrogen and oxygen atoms in total. The van der Waals surface area contributed by atoms with E-state index < -0.39 is 17.8 Å². The molecular formula is C12H10N2O3. The number of carbonyl (C=O) groups excluding carboxylic acids is 3. The van der Waals surface area contributed by atoms with Crippen LogP contribution < -0.4 is 10.6 Å². The summed E-state index contributed by atoms with van der Waals surface area (Å²) in [6.07, 6.45) is 0. The van der Waals surface area contributed by atoms with Gasteiger partial charge in [0, 0.05) is 0 Å². The van der Waals surface area contributed by atoms with Crippen LogP contribution >= 0.6 is 0 Å². The minimum atomic E-state index is -0.787. The van der Waals surface area contributed by atoms with Crippen LogP contribution in [0.25, 0.3) is 5.57 Å². The number of barbiturate groups is 1. The van der Waals surface area contributed by atoms with Crippen molar-refractivity contribution in [3.8, 4) is 0 Å². The fourth-order valence-corrected chi connectivity index (χ4v) is 1.64. The number of hydrogen-bond acceptors (Lipinski definition) is 3. The zero-order chi connectivity index (χ0) is 12.4. The third-order valence-electron chi connectivity index (χ3n) is 2.49. The van der Waals surface area contributed by atoms with E-state index in [1.54, 1.807) is 19.1 Å². The lowest BCUT2D eigenvalue weighted by atomic mass is 9.99. The van der Waals surface area contributed by atoms with Gasteiger partial charge in [0.2, 0.25) is 0 Å². The number of allylic oxidation sites excluding steroid dienone is 1. The van der Waals surface area contributed by atoms with Crippen LogP contribution in [-0.4, -0.2) is 17.8 Å². The molecule has 0 bridgehead atoms. The Morgan fingerprint density at radius 1 is 0.941 bits per heavy atom. The molecule has 0 spiro atoms. The summed E-state index contributed by atoms with van der Waals surface area (Å²) in [5.74, 6) is -1.33. The van der Waals surface area contributed by atoms with Crippen molar-refractivity contribution < 1.29 is 14.4 Å². The Labute approximate surface area is 97.5 Å². The second-order valence-corrected chi connectivity index (χ2v) is 3.60. The number of imide groups is 2. The van der Waals surface area contributed by atoms with Crippen LogP contribution in [0.15, 0.2) is 35.9 Å². The molecule has 2 N–H and O–H groups in total. The Balaban J connectivity index is 2.47. The summed E-state index contributed by atoms with van der Waals surface area (Å²) in [7, 11) is 0. The zero-order valence-electron chi connectivity index (χ0n) is 9.11. The number of nitrogens with one attached hydrogen (secondary N) is 2. The van der Waals surface area contributed by atoms with Crippen molar-refractivity contribution in [3.05, 3.63) is 41.5 Å². The molecule has 5 heteroatoms. The molecule has 2 rings (SSSR count). The van der Waals surface area contributed by atoms with Crippen molar-refractivity contribution in [2.24, 2.45) is 0 Å². The number of rotatable bonds is 1. The molecule has 0 aromatic heterocycles. The lowest BCUT2D eigenvalue weighted by Gasteiger charge is -2.16. The van der Waals surface area contributed by atoms with Gasteiger partial charge in [-0.25, -0.2) is 4.79 Å². The van der Waals surface area contributed by atoms with Gasteiger partial charge in [-0.05, 0) is 18.1 Å². The molecule has 17 heavy (non-hydrogen) atoms. The third kappa shape index (κ3) is 2.08. The summed E-state index contributed by atoms with van der Waals surface area (Å²) in [6.45, 7) is 1.67. The Hall–Kier alpha value is -2.43. The summed E-state index contributed by atoms with van der Waals surface area (Å²) in [6, 6.07) is 8.25. The third-order valence-corrected chi connectivity index (χ3v) is 2.49. The molecule has 1 heterocycles. The van der Waals surface area contributed by atoms with Crippen LogP contribution in [0, 0.1) is 0 Å². The first-order valence-electron chi connectivity index (χ1n) is 5.02. The molecule has 1 aliphatic heterocycles. The van der Waals surface area contributed by atoms with Crippen molar-refractivity contribution in [1.82, 2.24) is 10.6 Å². The Morgan fingerprint density at radius 3 is 2.00 bits per heavy atom. The van der Waals surface area contributed by atoms with Crippen LogP contribution in [-0.2, 0) is 9.59 Å². The zero-order valence-corrected chi connectivity index (χ0v) is 9.11. The highest BCUT2D eigenvalue weighted by Gasteiger charge is 2.29. The second-order valence-electron chi connectivity index (χ2n) is 3.60. The summed E-state index contributed by atoms with van der Waals surface area (Å²) in [5, 5.41) is 4.09. The van der Waals surface area contributed by atoms with Crippen LogP contribution in [0.5, 0.6) is 0 Å². The van der Waals surface area contributed by atoms with Crippen LogP contribution in [0.3, 0.4) is 0 Å². The van der Waals surface area contributed by atoms with Crippen molar-refractivity contribution in [3.63, 3.8) is 0 Å². The standard InChI is InChI=1S/C12H10N2O3/c1-7(8-5-3-2-4-6-8)9-10(15)13-12(17)14-11(9)16/h2-6H,1H3,(H2,13,14,15,16,17). The SMILES string of the molecule is CC(=C1C(=O)NC(=O)NC1=O)c1ccccc1. The summed E-state index contributed by atoms with van der Waals surface area (Å²) in [5.41, 5.74) is 1.27. The van der Waals surface area contributed by atoms with E-state index in [-0.39, 0.29) is 5.57 Å². The van der Waals surface area contributed by atoms with Gasteiger partial charge < -0.3 is 0 Å². The molecule has 0 aliphatic carbocycles. The second kappa shape index (κ2) is 4.21. The van der Waals surface area contributed by atoms with Gasteiger partial charge >= 0.3 is 6.03 Å². The molecule has 4 amide bonds. The highest BCUT2D eigenvalue weighted by molar-refractivity contribution is 6.32. The molecule has 1 fully saturated rings. The molecule has 1 aromatic rings. The lowest BCUT2D eigenvalue weighted by molar-refractivity contribution is -0.123. The summed E-state index contributed by atoms with van der Waals surface area (Å²) < 4.78 is 0. The van der Waals surface area contributed by atoms with E-state index >= 15 is 0 Å². The predicted molar refractivity (Wildman–Crippen MR) is 60.7 cm³/mol. The number of amides is 4. The van der Waals surface area contributed by atoms with E-state index in [4.69, 9.17) is 0 Å². The minimum Gasteiger partial charge on any atom is -0.273 e. The fraction of sp³-hybridized carbons (Fsp3) is 0.0833. The first-order valence-corrected chi connectivity index (χ1v) is 5.02. The first-order chi connectivity index (χ1) is 8.09. The quantitative estimate of drug-likeness (QED) is 0.554. The van der Waals surface area contributed by atoms with Crippen LogP contribution in [0.4, 0.5) is 4.79 Å². The van der Waals surface area contributed by atoms with Gasteiger partial charge in [-0.2, -0.15) is 0 Å². The molecule has 86 valence electrons. The fourth-order valence-electron chi connectivity index (χ4n) is 1.64. The number of hydrogen-bond donors (Lipinski definition) is 2. The number of urea groups is 1. The Morgan fingerprint density at radius 2 is 1.47 bits per heavy atom. The summed E-state index contributed by atoms with van der Waals surface area (Å²) >= 11 is 0. The van der Waals surface area contributed by atoms with Crippen LogP contribution in [0.2, 0.25) is 0 Å². The van der Waals surface area contributed by atoms with Crippen molar-refractivity contribution in [2.45, 2.75) is 6.92 Å². The normalized spacial score (nSPS) is 15.4. The van der Waals surface area contributed by atoms with Crippen molar-refractivity contribution >= 4 is 23.4 Å². The average molecular weight is 230 g/mol. The van der Waals surface area contributed by atoms with Gasteiger partial charge in [-0.3, -0.25) is 20.2 Å². The summed E-state index contributed by atoms with van der Waals surface area (Å²) in [4.78, 5) is 34.1. The van der Waals surface area contributed by atoms with Gasteiger partial charge in [0.05, 0.1) is 0 Å². The van der Waals surface area contributed by atoms with E-state index in [2.05, 4.69) is 0 Å². The van der Waals surface area contributed by atoms with Gasteiger partial charge in [-0.15, -0.1) is 0 Å². The highest BCUT2D eigenvalue weighted by Crippen LogP contribution is 2.19. The molecule has 1 aromatic carbocycles. The van der Waals surface area contributed by atoms with Crippen molar-refractivity contribution in [1.29, 1.82) is 0 Å². The van der Waals surface area contributed by atoms with E-state index in [0.29, 0.717) is 5.57 Å². The number of benzene rings is 1. The van der Waals surface area contributed by atoms with Crippen LogP contribution in [0.1, 0.15) is 12.5 Å². The first kappa shape index (κ1) is 11.1. The lowest BCUT2D eigenvalue weighted by Crippen LogP contribution is -2.51. The molecule has 1 aliphatic rings. The molecule has 0 radical (unpaired) electrons. The molecule has 1 saturated heterocycles. The highest BCUT2D eigenvalue weighted by atomic mass is 16.2. The molecule has 0 saturated carbocycles. The van der Waals surface area contributed by atoms with E-state index in [9.17, 15) is 14.4 Å². The average Bonchev–Trinajstić information content (AvgIpc) is 2.28. The Bertz CT molecular complexity index is 510. The van der Waals surface area contributed by atoms with Gasteiger partial charge in [0.1, 0.15) is 5.57 Å². The van der Waals surface area contributed by atoms with E-state index in [1.165, 1.54) is 0 Å². The topological polar surface area (TPSA) is 75.3 Å². The molecular weight excluding hydrogens is 220 g/mol. The van der Waals surface area contributed by atoms with E-state index in [1.807, 2.05) is 28.8 Å². The smallest absolute Gasteiger partial charge is 0.273 e. The maximum Gasteiger partial charge on any atom is 0.328 e. The van der Waals surface area contributed by atoms with Gasteiger partial charge in [0.25, 0.3) is 11.8 Å². The van der Waals surface area contributed by atoms with Gasteiger partial charge in [0.15, 0.2) is 0 Å². The monoisotopic (exact) mass is 230 g/mol. The number of carbonyl (C=O) groups is 3. The minimum absolute atomic E-state index is 0.0317. The Kier molecular flexibility index (Phi) is 2.74. The maximum absolute atomic E-state index is 11.6. The largest absolute Gasteiger partial charge is 0.328 e. The molecule has 0 unspecified atom stereocenters. The van der Waals surface area contributed by atoms with Crippen molar-refractivity contribution in [2.75, 3.05) is 0 Å². The predicted octanol–water partition coefficient (Wildman–Crippen LogP) is 0.826. The maximum atomic E-state index is 11.6. The van der Waals surface area contributed by atoms with E-state index in [0.717, 1.165) is 5.56 Å². The van der Waals surface area contributed by atoms with Gasteiger partial charge in [-0.1, -0.05) is 30.3 Å². The molecule has 0 atom stereocenters.